The smallest absolute Gasteiger partial charge is 0.246 e. The SMILES string of the molecule is CCC(C)C1NC(=O)C(C)(CC)N(C2CCCC2)C1=O. The van der Waals surface area contributed by atoms with E-state index < -0.39 is 5.54 Å². The lowest BCUT2D eigenvalue weighted by atomic mass is 9.85. The summed E-state index contributed by atoms with van der Waals surface area (Å²) in [4.78, 5) is 27.5. The highest BCUT2D eigenvalue weighted by Crippen LogP contribution is 2.35. The number of amides is 2. The summed E-state index contributed by atoms with van der Waals surface area (Å²) in [6, 6.07) is -0.0854. The zero-order chi connectivity index (χ0) is 14.9. The van der Waals surface area contributed by atoms with Crippen LogP contribution >= 0.6 is 0 Å². The van der Waals surface area contributed by atoms with Crippen molar-refractivity contribution in [3.63, 3.8) is 0 Å². The van der Waals surface area contributed by atoms with E-state index in [0.29, 0.717) is 6.42 Å². The maximum atomic E-state index is 12.9. The highest BCUT2D eigenvalue weighted by atomic mass is 16.2. The lowest BCUT2D eigenvalue weighted by Crippen LogP contribution is -2.72. The Morgan fingerprint density at radius 2 is 1.90 bits per heavy atom. The van der Waals surface area contributed by atoms with Gasteiger partial charge in [0.1, 0.15) is 11.6 Å². The number of carbonyl (C=O) groups is 2. The molecule has 2 fully saturated rings. The molecule has 4 heteroatoms. The summed E-state index contributed by atoms with van der Waals surface area (Å²) < 4.78 is 0. The third kappa shape index (κ3) is 2.33. The predicted octanol–water partition coefficient (Wildman–Crippen LogP) is 2.47. The fourth-order valence-corrected chi connectivity index (χ4v) is 3.56. The lowest BCUT2D eigenvalue weighted by Gasteiger charge is -2.50. The summed E-state index contributed by atoms with van der Waals surface area (Å²) in [6.07, 6.45) is 6.00. The Morgan fingerprint density at radius 3 is 2.40 bits per heavy atom. The Morgan fingerprint density at radius 1 is 1.30 bits per heavy atom. The number of rotatable bonds is 4. The quantitative estimate of drug-likeness (QED) is 0.860. The van der Waals surface area contributed by atoms with Crippen molar-refractivity contribution in [1.29, 1.82) is 0 Å². The summed E-state index contributed by atoms with van der Waals surface area (Å²) in [7, 11) is 0. The lowest BCUT2D eigenvalue weighted by molar-refractivity contribution is -0.161. The van der Waals surface area contributed by atoms with Gasteiger partial charge in [0.05, 0.1) is 0 Å². The third-order valence-electron chi connectivity index (χ3n) is 5.40. The molecule has 114 valence electrons. The molecule has 0 bridgehead atoms. The van der Waals surface area contributed by atoms with Crippen LogP contribution < -0.4 is 5.32 Å². The van der Waals surface area contributed by atoms with E-state index in [-0.39, 0.29) is 29.8 Å². The second-order valence-corrected chi connectivity index (χ2v) is 6.61. The molecule has 1 saturated carbocycles. The first-order valence-corrected chi connectivity index (χ1v) is 8.09. The van der Waals surface area contributed by atoms with Crippen molar-refractivity contribution in [2.45, 2.75) is 83.8 Å². The zero-order valence-corrected chi connectivity index (χ0v) is 13.2. The summed E-state index contributed by atoms with van der Waals surface area (Å²) in [5, 5.41) is 2.98. The summed E-state index contributed by atoms with van der Waals surface area (Å²) in [6.45, 7) is 8.03. The highest BCUT2D eigenvalue weighted by Gasteiger charge is 2.51. The molecule has 1 aliphatic carbocycles. The van der Waals surface area contributed by atoms with Gasteiger partial charge in [-0.2, -0.15) is 0 Å². The molecule has 0 aromatic carbocycles. The van der Waals surface area contributed by atoms with Crippen LogP contribution in [0.1, 0.15) is 66.2 Å². The molecular formula is C16H28N2O2. The molecule has 1 aliphatic heterocycles. The minimum Gasteiger partial charge on any atom is -0.342 e. The van der Waals surface area contributed by atoms with E-state index in [1.54, 1.807) is 0 Å². The monoisotopic (exact) mass is 280 g/mol. The van der Waals surface area contributed by atoms with Crippen LogP contribution in [0.4, 0.5) is 0 Å². The number of carbonyl (C=O) groups excluding carboxylic acids is 2. The van der Waals surface area contributed by atoms with E-state index in [1.807, 2.05) is 25.7 Å². The molecule has 0 spiro atoms. The molecule has 0 aromatic rings. The molecule has 0 aromatic heterocycles. The van der Waals surface area contributed by atoms with E-state index in [0.717, 1.165) is 19.3 Å². The van der Waals surface area contributed by atoms with Gasteiger partial charge in [-0.25, -0.2) is 0 Å². The molecule has 0 radical (unpaired) electrons. The van der Waals surface area contributed by atoms with Gasteiger partial charge in [-0.3, -0.25) is 9.59 Å². The first-order chi connectivity index (χ1) is 9.45. The van der Waals surface area contributed by atoms with Crippen molar-refractivity contribution in [2.24, 2.45) is 5.92 Å². The van der Waals surface area contributed by atoms with Crippen molar-refractivity contribution >= 4 is 11.8 Å². The summed E-state index contributed by atoms with van der Waals surface area (Å²) in [5.74, 6) is 0.351. The highest BCUT2D eigenvalue weighted by molar-refractivity contribution is 5.99. The second-order valence-electron chi connectivity index (χ2n) is 6.61. The molecule has 2 rings (SSSR count). The van der Waals surface area contributed by atoms with Crippen LogP contribution in [0.3, 0.4) is 0 Å². The van der Waals surface area contributed by atoms with Gasteiger partial charge in [-0.15, -0.1) is 0 Å². The number of piperazine rings is 1. The minimum absolute atomic E-state index is 0.0248. The van der Waals surface area contributed by atoms with Gasteiger partial charge in [0.25, 0.3) is 0 Å². The van der Waals surface area contributed by atoms with E-state index in [2.05, 4.69) is 12.2 Å². The first-order valence-electron chi connectivity index (χ1n) is 8.09. The largest absolute Gasteiger partial charge is 0.342 e. The number of hydrogen-bond acceptors (Lipinski definition) is 2. The van der Waals surface area contributed by atoms with Gasteiger partial charge in [-0.1, -0.05) is 40.0 Å². The van der Waals surface area contributed by atoms with E-state index in [9.17, 15) is 9.59 Å². The molecular weight excluding hydrogens is 252 g/mol. The number of nitrogens with zero attached hydrogens (tertiary/aromatic N) is 1. The van der Waals surface area contributed by atoms with Crippen LogP contribution in [0.25, 0.3) is 0 Å². The molecule has 1 saturated heterocycles. The maximum absolute atomic E-state index is 12.9. The van der Waals surface area contributed by atoms with Crippen molar-refractivity contribution in [3.8, 4) is 0 Å². The molecule has 2 amide bonds. The Labute approximate surface area is 122 Å². The molecule has 20 heavy (non-hydrogen) atoms. The van der Waals surface area contributed by atoms with Gasteiger partial charge < -0.3 is 10.2 Å². The zero-order valence-electron chi connectivity index (χ0n) is 13.2. The Kier molecular flexibility index (Phi) is 4.40. The van der Waals surface area contributed by atoms with Crippen molar-refractivity contribution < 1.29 is 9.59 Å². The predicted molar refractivity (Wildman–Crippen MR) is 79.2 cm³/mol. The molecule has 2 aliphatic rings. The van der Waals surface area contributed by atoms with Crippen molar-refractivity contribution in [3.05, 3.63) is 0 Å². The van der Waals surface area contributed by atoms with Crippen LogP contribution in [-0.2, 0) is 9.59 Å². The van der Waals surface area contributed by atoms with Gasteiger partial charge >= 0.3 is 0 Å². The van der Waals surface area contributed by atoms with Crippen LogP contribution in [0, 0.1) is 5.92 Å². The Bertz CT molecular complexity index is 390. The third-order valence-corrected chi connectivity index (χ3v) is 5.40. The molecule has 1 heterocycles. The molecule has 4 nitrogen and oxygen atoms in total. The fourth-order valence-electron chi connectivity index (χ4n) is 3.56. The van der Waals surface area contributed by atoms with Crippen molar-refractivity contribution in [2.75, 3.05) is 0 Å². The number of hydrogen-bond donors (Lipinski definition) is 1. The standard InChI is InChI=1S/C16H28N2O2/c1-5-11(3)13-14(19)18(12-9-7-8-10-12)16(4,6-2)15(20)17-13/h11-13H,5-10H2,1-4H3,(H,17,20). The van der Waals surface area contributed by atoms with Crippen LogP contribution in [0.2, 0.25) is 0 Å². The Hall–Kier alpha value is -1.06. The normalized spacial score (nSPS) is 33.4. The molecule has 3 unspecified atom stereocenters. The molecule has 3 atom stereocenters. The van der Waals surface area contributed by atoms with Crippen molar-refractivity contribution in [1.82, 2.24) is 10.2 Å². The van der Waals surface area contributed by atoms with Gasteiger partial charge in [0.2, 0.25) is 11.8 Å². The number of nitrogens with one attached hydrogen (secondary N) is 1. The fraction of sp³-hybridized carbons (Fsp3) is 0.875. The van der Waals surface area contributed by atoms with Gasteiger partial charge in [-0.05, 0) is 32.1 Å². The van der Waals surface area contributed by atoms with Crippen LogP contribution in [-0.4, -0.2) is 34.3 Å². The molecule has 1 N–H and O–H groups in total. The van der Waals surface area contributed by atoms with Crippen LogP contribution in [0.15, 0.2) is 0 Å². The second kappa shape index (κ2) is 5.74. The van der Waals surface area contributed by atoms with Gasteiger partial charge in [0.15, 0.2) is 0 Å². The van der Waals surface area contributed by atoms with Gasteiger partial charge in [0, 0.05) is 6.04 Å². The average molecular weight is 280 g/mol. The topological polar surface area (TPSA) is 49.4 Å². The van der Waals surface area contributed by atoms with Crippen LogP contribution in [0.5, 0.6) is 0 Å². The van der Waals surface area contributed by atoms with E-state index >= 15 is 0 Å². The average Bonchev–Trinajstić information content (AvgIpc) is 2.96. The summed E-state index contributed by atoms with van der Waals surface area (Å²) in [5.41, 5.74) is -0.671. The van der Waals surface area contributed by atoms with E-state index in [1.165, 1.54) is 12.8 Å². The Balaban J connectivity index is 2.33. The first kappa shape index (κ1) is 15.3. The summed E-state index contributed by atoms with van der Waals surface area (Å²) >= 11 is 0. The van der Waals surface area contributed by atoms with E-state index in [4.69, 9.17) is 0 Å². The maximum Gasteiger partial charge on any atom is 0.246 e. The minimum atomic E-state index is -0.671.